The van der Waals surface area contributed by atoms with Crippen molar-refractivity contribution in [2.45, 2.75) is 45.4 Å². The Bertz CT molecular complexity index is 537. The molecule has 0 radical (unpaired) electrons. The molecule has 2 rings (SSSR count). The minimum absolute atomic E-state index is 0.168. The van der Waals surface area contributed by atoms with Crippen molar-refractivity contribution < 1.29 is 9.53 Å². The predicted octanol–water partition coefficient (Wildman–Crippen LogP) is 2.85. The number of nitrogens with one attached hydrogen (secondary N) is 1. The number of hydrogen-bond donors (Lipinski definition) is 1. The summed E-state index contributed by atoms with van der Waals surface area (Å²) in [6.45, 7) is 8.41. The highest BCUT2D eigenvalue weighted by Gasteiger charge is 2.26. The molecule has 1 fully saturated rings. The average molecular weight is 319 g/mol. The molecule has 5 heteroatoms. The molecule has 128 valence electrons. The molecule has 0 spiro atoms. The fraction of sp³-hybridized carbons (Fsp3) is 0.611. The van der Waals surface area contributed by atoms with E-state index in [2.05, 4.69) is 53.5 Å². The Hall–Kier alpha value is -1.75. The maximum absolute atomic E-state index is 11.8. The molecule has 1 heterocycles. The van der Waals surface area contributed by atoms with Gasteiger partial charge in [-0.25, -0.2) is 4.79 Å². The van der Waals surface area contributed by atoms with Gasteiger partial charge < -0.3 is 15.0 Å². The number of carbonyl (C=O) groups excluding carboxylic acids is 1. The number of ether oxygens (including phenoxy) is 1. The summed E-state index contributed by atoms with van der Waals surface area (Å²) in [5.74, 6) is 0. The molecule has 0 aliphatic carbocycles. The Morgan fingerprint density at radius 1 is 1.39 bits per heavy atom. The van der Waals surface area contributed by atoms with Gasteiger partial charge in [-0.15, -0.1) is 0 Å². The normalized spacial score (nSPS) is 18.7. The van der Waals surface area contributed by atoms with Crippen molar-refractivity contribution in [3.05, 3.63) is 29.8 Å². The first-order valence-corrected chi connectivity index (χ1v) is 8.21. The smallest absolute Gasteiger partial charge is 0.407 e. The summed E-state index contributed by atoms with van der Waals surface area (Å²) in [6, 6.07) is 8.75. The highest BCUT2D eigenvalue weighted by Crippen LogP contribution is 2.18. The van der Waals surface area contributed by atoms with E-state index >= 15 is 0 Å². The first-order chi connectivity index (χ1) is 10.7. The lowest BCUT2D eigenvalue weighted by Crippen LogP contribution is -2.40. The molecule has 0 bridgehead atoms. The third kappa shape index (κ3) is 5.75. The van der Waals surface area contributed by atoms with Gasteiger partial charge in [0, 0.05) is 45.5 Å². The number of likely N-dealkylation sites (tertiary alicyclic amines) is 1. The van der Waals surface area contributed by atoms with Crippen LogP contribution in [0.3, 0.4) is 0 Å². The molecule has 23 heavy (non-hydrogen) atoms. The fourth-order valence-corrected chi connectivity index (χ4v) is 2.76. The van der Waals surface area contributed by atoms with Crippen LogP contribution in [-0.2, 0) is 11.3 Å². The summed E-state index contributed by atoms with van der Waals surface area (Å²) in [7, 11) is 4.10. The first kappa shape index (κ1) is 17.6. The number of anilines is 1. The molecule has 1 aromatic carbocycles. The van der Waals surface area contributed by atoms with E-state index < -0.39 is 5.60 Å². The highest BCUT2D eigenvalue weighted by molar-refractivity contribution is 5.68. The van der Waals surface area contributed by atoms with Gasteiger partial charge in [0.25, 0.3) is 0 Å². The topological polar surface area (TPSA) is 44.8 Å². The van der Waals surface area contributed by atoms with Crippen molar-refractivity contribution in [3.63, 3.8) is 0 Å². The van der Waals surface area contributed by atoms with Gasteiger partial charge in [-0.1, -0.05) is 12.1 Å². The van der Waals surface area contributed by atoms with Crippen LogP contribution in [0.5, 0.6) is 0 Å². The Morgan fingerprint density at radius 2 is 2.13 bits per heavy atom. The van der Waals surface area contributed by atoms with Crippen LogP contribution in [0.15, 0.2) is 24.3 Å². The van der Waals surface area contributed by atoms with Crippen LogP contribution in [0.1, 0.15) is 32.8 Å². The van der Waals surface area contributed by atoms with Crippen LogP contribution in [0.2, 0.25) is 0 Å². The summed E-state index contributed by atoms with van der Waals surface area (Å²) < 4.78 is 5.32. The van der Waals surface area contributed by atoms with E-state index in [1.807, 2.05) is 20.8 Å². The molecule has 5 nitrogen and oxygen atoms in total. The maximum atomic E-state index is 11.8. The second kappa shape index (κ2) is 7.21. The summed E-state index contributed by atoms with van der Waals surface area (Å²) in [5.41, 5.74) is 2.06. The van der Waals surface area contributed by atoms with Gasteiger partial charge in [0.15, 0.2) is 0 Å². The number of hydrogen-bond acceptors (Lipinski definition) is 4. The lowest BCUT2D eigenvalue weighted by atomic mass is 10.2. The molecule has 1 atom stereocenters. The van der Waals surface area contributed by atoms with E-state index in [0.29, 0.717) is 0 Å². The lowest BCUT2D eigenvalue weighted by Gasteiger charge is -2.22. The lowest BCUT2D eigenvalue weighted by molar-refractivity contribution is 0.0506. The van der Waals surface area contributed by atoms with E-state index in [9.17, 15) is 4.79 Å². The fourth-order valence-electron chi connectivity index (χ4n) is 2.76. The number of carbonyl (C=O) groups is 1. The van der Waals surface area contributed by atoms with Gasteiger partial charge in [-0.2, -0.15) is 0 Å². The Balaban J connectivity index is 1.84. The van der Waals surface area contributed by atoms with Crippen LogP contribution in [0, 0.1) is 0 Å². The zero-order valence-corrected chi connectivity index (χ0v) is 14.9. The second-order valence-corrected chi connectivity index (χ2v) is 7.43. The van der Waals surface area contributed by atoms with Gasteiger partial charge in [0.1, 0.15) is 5.60 Å². The largest absolute Gasteiger partial charge is 0.444 e. The Labute approximate surface area is 139 Å². The minimum Gasteiger partial charge on any atom is -0.444 e. The first-order valence-electron chi connectivity index (χ1n) is 8.21. The average Bonchev–Trinajstić information content (AvgIpc) is 2.83. The number of nitrogens with zero attached hydrogens (tertiary/aromatic N) is 2. The maximum Gasteiger partial charge on any atom is 0.407 e. The summed E-state index contributed by atoms with van der Waals surface area (Å²) in [4.78, 5) is 16.3. The van der Waals surface area contributed by atoms with E-state index in [1.54, 1.807) is 0 Å². The molecule has 0 unspecified atom stereocenters. The molecule has 1 aliphatic heterocycles. The van der Waals surface area contributed by atoms with Crippen LogP contribution >= 0.6 is 0 Å². The molecule has 0 aromatic heterocycles. The summed E-state index contributed by atoms with van der Waals surface area (Å²) >= 11 is 0. The van der Waals surface area contributed by atoms with E-state index in [1.165, 1.54) is 11.3 Å². The molecule has 1 N–H and O–H groups in total. The second-order valence-electron chi connectivity index (χ2n) is 7.43. The van der Waals surface area contributed by atoms with Crippen molar-refractivity contribution >= 4 is 11.8 Å². The van der Waals surface area contributed by atoms with Crippen molar-refractivity contribution in [1.29, 1.82) is 0 Å². The van der Waals surface area contributed by atoms with Crippen LogP contribution < -0.4 is 10.2 Å². The number of rotatable bonds is 4. The quantitative estimate of drug-likeness (QED) is 0.927. The van der Waals surface area contributed by atoms with Crippen molar-refractivity contribution in [3.8, 4) is 0 Å². The molecule has 1 aromatic rings. The van der Waals surface area contributed by atoms with Crippen LogP contribution in [0.4, 0.5) is 10.5 Å². The zero-order chi connectivity index (χ0) is 17.0. The van der Waals surface area contributed by atoms with E-state index in [-0.39, 0.29) is 12.1 Å². The summed E-state index contributed by atoms with van der Waals surface area (Å²) in [5, 5.41) is 2.97. The third-order valence-corrected chi connectivity index (χ3v) is 3.83. The molecule has 1 aliphatic rings. The van der Waals surface area contributed by atoms with Gasteiger partial charge in [-0.3, -0.25) is 4.90 Å². The summed E-state index contributed by atoms with van der Waals surface area (Å²) in [6.07, 6.45) is 0.644. The number of amides is 1. The van der Waals surface area contributed by atoms with Gasteiger partial charge in [-0.05, 0) is 44.9 Å². The molecule has 1 amide bonds. The Morgan fingerprint density at radius 3 is 2.78 bits per heavy atom. The molecule has 0 saturated carbocycles. The van der Waals surface area contributed by atoms with Crippen molar-refractivity contribution in [1.82, 2.24) is 10.2 Å². The van der Waals surface area contributed by atoms with Gasteiger partial charge in [0.05, 0.1) is 0 Å². The van der Waals surface area contributed by atoms with Gasteiger partial charge in [0.2, 0.25) is 0 Å². The van der Waals surface area contributed by atoms with Crippen molar-refractivity contribution in [2.24, 2.45) is 0 Å². The monoisotopic (exact) mass is 319 g/mol. The van der Waals surface area contributed by atoms with Gasteiger partial charge >= 0.3 is 6.09 Å². The predicted molar refractivity (Wildman–Crippen MR) is 93.8 cm³/mol. The van der Waals surface area contributed by atoms with E-state index in [4.69, 9.17) is 4.74 Å². The Kier molecular flexibility index (Phi) is 5.52. The molecule has 1 saturated heterocycles. The highest BCUT2D eigenvalue weighted by atomic mass is 16.6. The SMILES string of the molecule is CN(C)c1cccc(CN2CC[C@@H](NC(=O)OC(C)(C)C)C2)c1. The molecular weight excluding hydrogens is 290 g/mol. The minimum atomic E-state index is -0.449. The third-order valence-electron chi connectivity index (χ3n) is 3.83. The molecular formula is C18H29N3O2. The number of alkyl carbamates (subject to hydrolysis) is 1. The standard InChI is InChI=1S/C18H29N3O2/c1-18(2,3)23-17(22)19-15-9-10-21(13-15)12-14-7-6-8-16(11-14)20(4)5/h6-8,11,15H,9-10,12-13H2,1-5H3,(H,19,22)/t15-/m1/s1. The van der Waals surface area contributed by atoms with Crippen LogP contribution in [-0.4, -0.2) is 49.8 Å². The van der Waals surface area contributed by atoms with E-state index in [0.717, 1.165) is 26.1 Å². The van der Waals surface area contributed by atoms with Crippen molar-refractivity contribution in [2.75, 3.05) is 32.1 Å². The number of benzene rings is 1. The zero-order valence-electron chi connectivity index (χ0n) is 14.9. The van der Waals surface area contributed by atoms with Crippen LogP contribution in [0.25, 0.3) is 0 Å².